The van der Waals surface area contributed by atoms with Gasteiger partial charge in [0.2, 0.25) is 11.8 Å². The number of rotatable bonds is 5. The number of carboxylic acids is 1. The van der Waals surface area contributed by atoms with Gasteiger partial charge in [0.05, 0.1) is 31.4 Å². The van der Waals surface area contributed by atoms with Crippen LogP contribution in [-0.2, 0) is 14.4 Å². The first-order chi connectivity index (χ1) is 12.0. The Bertz CT molecular complexity index is 756. The summed E-state index contributed by atoms with van der Waals surface area (Å²) in [4.78, 5) is 38.6. The molecule has 3 aliphatic rings. The lowest BCUT2D eigenvalue weighted by molar-refractivity contribution is -0.146. The lowest BCUT2D eigenvalue weighted by Crippen LogP contribution is -2.37. The van der Waals surface area contributed by atoms with Crippen LogP contribution in [0.5, 0.6) is 5.75 Å². The van der Waals surface area contributed by atoms with Crippen molar-refractivity contribution in [1.29, 1.82) is 0 Å². The highest BCUT2D eigenvalue weighted by atomic mass is 16.5. The Morgan fingerprint density at radius 1 is 1.24 bits per heavy atom. The number of carboxylic acid groups (broad SMARTS) is 1. The zero-order valence-electron chi connectivity index (χ0n) is 13.8. The van der Waals surface area contributed by atoms with E-state index in [1.807, 2.05) is 12.2 Å². The van der Waals surface area contributed by atoms with Gasteiger partial charge in [0.25, 0.3) is 0 Å². The van der Waals surface area contributed by atoms with Gasteiger partial charge in [-0.25, -0.2) is 0 Å². The summed E-state index contributed by atoms with van der Waals surface area (Å²) < 4.78 is 5.20. The number of ether oxygens (including phenoxy) is 1. The monoisotopic (exact) mass is 341 g/mol. The number of hydrogen-bond acceptors (Lipinski definition) is 4. The SMILES string of the molecule is COc1cccc([C@H](CC(=O)O)N2C(=O)[C@H]3[C@H](C2=O)[C@H]2C=C[C@H]3C2)c1. The molecule has 25 heavy (non-hydrogen) atoms. The Kier molecular flexibility index (Phi) is 3.63. The van der Waals surface area contributed by atoms with Crippen LogP contribution in [0.25, 0.3) is 0 Å². The van der Waals surface area contributed by atoms with Crippen LogP contribution in [0.2, 0.25) is 0 Å². The molecule has 1 heterocycles. The lowest BCUT2D eigenvalue weighted by atomic mass is 9.85. The number of benzene rings is 1. The molecule has 2 amide bonds. The van der Waals surface area contributed by atoms with Gasteiger partial charge in [-0.05, 0) is 36.0 Å². The average Bonchev–Trinajstić information content (AvgIpc) is 3.27. The molecule has 1 N–H and O–H groups in total. The van der Waals surface area contributed by atoms with E-state index in [2.05, 4.69) is 0 Å². The zero-order valence-corrected chi connectivity index (χ0v) is 13.8. The van der Waals surface area contributed by atoms with Crippen molar-refractivity contribution in [2.75, 3.05) is 7.11 Å². The number of allylic oxidation sites excluding steroid dienone is 2. The predicted octanol–water partition coefficient (Wildman–Crippen LogP) is 2.02. The Hall–Kier alpha value is -2.63. The molecule has 1 aromatic carbocycles. The second-order valence-electron chi connectivity index (χ2n) is 6.94. The van der Waals surface area contributed by atoms with Crippen molar-refractivity contribution in [2.24, 2.45) is 23.7 Å². The van der Waals surface area contributed by atoms with Gasteiger partial charge in [0, 0.05) is 0 Å². The van der Waals surface area contributed by atoms with Gasteiger partial charge in [-0.1, -0.05) is 24.3 Å². The van der Waals surface area contributed by atoms with Gasteiger partial charge in [-0.2, -0.15) is 0 Å². The number of carbonyl (C=O) groups excluding carboxylic acids is 2. The van der Waals surface area contributed by atoms with Crippen LogP contribution in [0.15, 0.2) is 36.4 Å². The summed E-state index contributed by atoms with van der Waals surface area (Å²) in [6.45, 7) is 0. The third-order valence-electron chi connectivity index (χ3n) is 5.66. The topological polar surface area (TPSA) is 83.9 Å². The highest BCUT2D eigenvalue weighted by Gasteiger charge is 2.60. The molecular formula is C19H19NO5. The fourth-order valence-electron chi connectivity index (χ4n) is 4.60. The van der Waals surface area contributed by atoms with Crippen molar-refractivity contribution in [1.82, 2.24) is 4.90 Å². The zero-order chi connectivity index (χ0) is 17.7. The summed E-state index contributed by atoms with van der Waals surface area (Å²) in [6, 6.07) is 6.10. The third-order valence-corrected chi connectivity index (χ3v) is 5.66. The Labute approximate surface area is 145 Å². The Morgan fingerprint density at radius 3 is 2.44 bits per heavy atom. The Balaban J connectivity index is 1.72. The molecule has 4 rings (SSSR count). The quantitative estimate of drug-likeness (QED) is 0.654. The molecule has 1 aromatic rings. The van der Waals surface area contributed by atoms with Crippen molar-refractivity contribution < 1.29 is 24.2 Å². The molecule has 0 unspecified atom stereocenters. The van der Waals surface area contributed by atoms with Crippen molar-refractivity contribution in [2.45, 2.75) is 18.9 Å². The van der Waals surface area contributed by atoms with Crippen LogP contribution in [0.4, 0.5) is 0 Å². The molecule has 2 fully saturated rings. The fourth-order valence-corrected chi connectivity index (χ4v) is 4.60. The number of nitrogens with zero attached hydrogens (tertiary/aromatic N) is 1. The van der Waals surface area contributed by atoms with E-state index in [0.717, 1.165) is 6.42 Å². The minimum atomic E-state index is -1.05. The van der Waals surface area contributed by atoms with Crippen LogP contribution in [0.3, 0.4) is 0 Å². The second kappa shape index (κ2) is 5.72. The maximum Gasteiger partial charge on any atom is 0.305 e. The van der Waals surface area contributed by atoms with Crippen molar-refractivity contribution in [3.63, 3.8) is 0 Å². The molecule has 130 valence electrons. The van der Waals surface area contributed by atoms with Crippen LogP contribution in [0, 0.1) is 23.7 Å². The standard InChI is InChI=1S/C19H19NO5/c1-25-13-4-2-3-10(8-13)14(9-15(21)22)20-18(23)16-11-5-6-12(7-11)17(16)19(20)24/h2-6,8,11-12,14,16-17H,7,9H2,1H3,(H,21,22)/t11-,12-,14-,16+,17+/m0/s1. The van der Waals surface area contributed by atoms with Gasteiger partial charge in [-0.15, -0.1) is 0 Å². The Morgan fingerprint density at radius 2 is 1.88 bits per heavy atom. The molecule has 1 saturated heterocycles. The summed E-state index contributed by atoms with van der Waals surface area (Å²) in [7, 11) is 1.52. The van der Waals surface area contributed by atoms with Crippen molar-refractivity contribution >= 4 is 17.8 Å². The minimum Gasteiger partial charge on any atom is -0.497 e. The molecule has 0 spiro atoms. The number of likely N-dealkylation sites (tertiary alicyclic amines) is 1. The number of aliphatic carboxylic acids is 1. The summed E-state index contributed by atoms with van der Waals surface area (Å²) in [5.74, 6) is -1.41. The molecule has 1 aliphatic heterocycles. The first-order valence-electron chi connectivity index (χ1n) is 8.42. The van der Waals surface area contributed by atoms with E-state index in [1.165, 1.54) is 12.0 Å². The van der Waals surface area contributed by atoms with Gasteiger partial charge < -0.3 is 9.84 Å². The molecule has 0 radical (unpaired) electrons. The van der Waals surface area contributed by atoms with E-state index in [9.17, 15) is 19.5 Å². The number of fused-ring (bicyclic) bond motifs is 5. The van der Waals surface area contributed by atoms with Crippen LogP contribution in [-0.4, -0.2) is 34.9 Å². The van der Waals surface area contributed by atoms with E-state index in [0.29, 0.717) is 11.3 Å². The summed E-state index contributed by atoms with van der Waals surface area (Å²) >= 11 is 0. The van der Waals surface area contributed by atoms with E-state index >= 15 is 0 Å². The van der Waals surface area contributed by atoms with Crippen molar-refractivity contribution in [3.8, 4) is 5.75 Å². The molecule has 1 saturated carbocycles. The molecular weight excluding hydrogens is 322 g/mol. The summed E-state index contributed by atoms with van der Waals surface area (Å²) in [6.07, 6.45) is 4.59. The first-order valence-corrected chi connectivity index (χ1v) is 8.42. The first kappa shape index (κ1) is 15.9. The smallest absolute Gasteiger partial charge is 0.305 e. The summed E-state index contributed by atoms with van der Waals surface area (Å²) in [5, 5.41) is 9.33. The number of imide groups is 1. The second-order valence-corrected chi connectivity index (χ2v) is 6.94. The van der Waals surface area contributed by atoms with E-state index in [1.54, 1.807) is 24.3 Å². The number of hydrogen-bond donors (Lipinski definition) is 1. The maximum absolute atomic E-state index is 13.0. The minimum absolute atomic E-state index is 0.104. The van der Waals surface area contributed by atoms with E-state index in [4.69, 9.17) is 4.74 Å². The average molecular weight is 341 g/mol. The van der Waals surface area contributed by atoms with Crippen LogP contribution < -0.4 is 4.74 Å². The molecule has 2 bridgehead atoms. The number of methoxy groups -OCH3 is 1. The normalized spacial score (nSPS) is 30.7. The summed E-state index contributed by atoms with van der Waals surface area (Å²) in [5.41, 5.74) is 0.601. The van der Waals surface area contributed by atoms with Gasteiger partial charge >= 0.3 is 5.97 Å². The highest BCUT2D eigenvalue weighted by molar-refractivity contribution is 6.07. The molecule has 6 nitrogen and oxygen atoms in total. The van der Waals surface area contributed by atoms with Crippen LogP contribution >= 0.6 is 0 Å². The van der Waals surface area contributed by atoms with E-state index < -0.39 is 12.0 Å². The fraction of sp³-hybridized carbons (Fsp3) is 0.421. The highest BCUT2D eigenvalue weighted by Crippen LogP contribution is 2.54. The van der Waals surface area contributed by atoms with E-state index in [-0.39, 0.29) is 41.9 Å². The molecule has 5 atom stereocenters. The molecule has 0 aromatic heterocycles. The predicted molar refractivity (Wildman–Crippen MR) is 87.6 cm³/mol. The number of carbonyl (C=O) groups is 3. The van der Waals surface area contributed by atoms with Gasteiger partial charge in [0.15, 0.2) is 0 Å². The lowest BCUT2D eigenvalue weighted by Gasteiger charge is -2.27. The molecule has 6 heteroatoms. The number of amides is 2. The molecule has 2 aliphatic carbocycles. The maximum atomic E-state index is 13.0. The van der Waals surface area contributed by atoms with Gasteiger partial charge in [-0.3, -0.25) is 19.3 Å². The largest absolute Gasteiger partial charge is 0.497 e. The van der Waals surface area contributed by atoms with Crippen molar-refractivity contribution in [3.05, 3.63) is 42.0 Å². The van der Waals surface area contributed by atoms with Gasteiger partial charge in [0.1, 0.15) is 5.75 Å². The van der Waals surface area contributed by atoms with Crippen LogP contribution in [0.1, 0.15) is 24.4 Å². The third kappa shape index (κ3) is 2.35.